The van der Waals surface area contributed by atoms with Crippen molar-refractivity contribution in [2.45, 2.75) is 19.9 Å². The Balaban J connectivity index is 1.61. The molecule has 1 unspecified atom stereocenters. The average molecular weight is 481 g/mol. The van der Waals surface area contributed by atoms with Crippen LogP contribution in [0.1, 0.15) is 24.2 Å². The first-order valence-corrected chi connectivity index (χ1v) is 10.6. The molecule has 9 heteroatoms. The van der Waals surface area contributed by atoms with Gasteiger partial charge in [-0.3, -0.25) is 9.59 Å². The van der Waals surface area contributed by atoms with Crippen LogP contribution in [0, 0.1) is 5.92 Å². The van der Waals surface area contributed by atoms with Crippen molar-refractivity contribution in [3.63, 3.8) is 0 Å². The molecule has 0 radical (unpaired) electrons. The van der Waals surface area contributed by atoms with E-state index in [1.54, 1.807) is 41.6 Å². The van der Waals surface area contributed by atoms with Gasteiger partial charge in [0.15, 0.2) is 0 Å². The van der Waals surface area contributed by atoms with Gasteiger partial charge >= 0.3 is 0 Å². The largest absolute Gasteiger partial charge is 0.340 e. The van der Waals surface area contributed by atoms with Crippen LogP contribution in [0.15, 0.2) is 41.1 Å². The van der Waals surface area contributed by atoms with Crippen LogP contribution in [0.3, 0.4) is 0 Å². The third-order valence-corrected chi connectivity index (χ3v) is 5.47. The Kier molecular flexibility index (Phi) is 7.08. The highest BCUT2D eigenvalue weighted by molar-refractivity contribution is 9.10. The summed E-state index contributed by atoms with van der Waals surface area (Å²) in [4.78, 5) is 38.1. The summed E-state index contributed by atoms with van der Waals surface area (Å²) < 4.78 is 0.825. The highest BCUT2D eigenvalue weighted by Gasteiger charge is 2.31. The van der Waals surface area contributed by atoms with E-state index >= 15 is 0 Å². The monoisotopic (exact) mass is 479 g/mol. The number of benzene rings is 1. The topological polar surface area (TPSA) is 78.4 Å². The van der Waals surface area contributed by atoms with E-state index in [0.717, 1.165) is 4.47 Å². The first-order chi connectivity index (χ1) is 13.8. The molecule has 0 bridgehead atoms. The van der Waals surface area contributed by atoms with Gasteiger partial charge in [0.1, 0.15) is 6.04 Å². The lowest BCUT2D eigenvalue weighted by Gasteiger charge is -2.37. The maximum Gasteiger partial charge on any atom is 0.251 e. The summed E-state index contributed by atoms with van der Waals surface area (Å²) in [7, 11) is 0. The molecule has 0 saturated carbocycles. The fraction of sp³-hybridized carbons (Fsp3) is 0.400. The number of amides is 2. The van der Waals surface area contributed by atoms with Crippen molar-refractivity contribution >= 4 is 45.3 Å². The SMILES string of the molecule is CC(C)C(NC(=O)c1ccc(Cl)cc1)C(=O)N1CCN(c2ncc(Br)cn2)CC1. The van der Waals surface area contributed by atoms with Crippen LogP contribution in [0.4, 0.5) is 5.95 Å². The number of hydrogen-bond acceptors (Lipinski definition) is 5. The number of hydrogen-bond donors (Lipinski definition) is 1. The minimum atomic E-state index is -0.589. The van der Waals surface area contributed by atoms with E-state index in [-0.39, 0.29) is 17.7 Å². The molecular weight excluding hydrogens is 458 g/mol. The van der Waals surface area contributed by atoms with E-state index in [2.05, 4.69) is 31.2 Å². The number of carbonyl (C=O) groups is 2. The third kappa shape index (κ3) is 5.45. The van der Waals surface area contributed by atoms with E-state index in [1.807, 2.05) is 18.7 Å². The van der Waals surface area contributed by atoms with Gasteiger partial charge in [-0.1, -0.05) is 25.4 Å². The van der Waals surface area contributed by atoms with Gasteiger partial charge < -0.3 is 15.1 Å². The molecule has 2 amide bonds. The Labute approximate surface area is 183 Å². The molecule has 1 saturated heterocycles. The number of rotatable bonds is 5. The second kappa shape index (κ2) is 9.54. The molecule has 3 rings (SSSR count). The van der Waals surface area contributed by atoms with Crippen molar-refractivity contribution in [2.24, 2.45) is 5.92 Å². The lowest BCUT2D eigenvalue weighted by atomic mass is 10.0. The first kappa shape index (κ1) is 21.5. The van der Waals surface area contributed by atoms with E-state index in [4.69, 9.17) is 11.6 Å². The Morgan fingerprint density at radius 2 is 1.66 bits per heavy atom. The molecule has 1 aliphatic rings. The predicted molar refractivity (Wildman–Crippen MR) is 116 cm³/mol. The Morgan fingerprint density at radius 3 is 2.21 bits per heavy atom. The molecule has 1 aromatic heterocycles. The molecule has 1 N–H and O–H groups in total. The van der Waals surface area contributed by atoms with Gasteiger partial charge in [0, 0.05) is 49.2 Å². The molecule has 29 heavy (non-hydrogen) atoms. The zero-order chi connectivity index (χ0) is 21.0. The predicted octanol–water partition coefficient (Wildman–Crippen LogP) is 3.00. The highest BCUT2D eigenvalue weighted by Crippen LogP contribution is 2.16. The highest BCUT2D eigenvalue weighted by atomic mass is 79.9. The van der Waals surface area contributed by atoms with E-state index in [1.165, 1.54) is 0 Å². The molecule has 1 aliphatic heterocycles. The standard InChI is InChI=1S/C20H23BrClN5O2/c1-13(2)17(25-18(28)14-3-5-16(22)6-4-14)19(29)26-7-9-27(10-8-26)20-23-11-15(21)12-24-20/h3-6,11-13,17H,7-10H2,1-2H3,(H,25,28). The van der Waals surface area contributed by atoms with Crippen LogP contribution in [0.5, 0.6) is 0 Å². The van der Waals surface area contributed by atoms with Gasteiger partial charge in [0.25, 0.3) is 5.91 Å². The quantitative estimate of drug-likeness (QED) is 0.712. The fourth-order valence-electron chi connectivity index (χ4n) is 3.13. The minimum Gasteiger partial charge on any atom is -0.340 e. The van der Waals surface area contributed by atoms with Crippen molar-refractivity contribution in [3.05, 3.63) is 51.7 Å². The number of nitrogens with one attached hydrogen (secondary N) is 1. The van der Waals surface area contributed by atoms with Crippen LogP contribution in [-0.4, -0.2) is 58.9 Å². The first-order valence-electron chi connectivity index (χ1n) is 9.43. The molecule has 2 heterocycles. The van der Waals surface area contributed by atoms with Crippen molar-refractivity contribution in [1.29, 1.82) is 0 Å². The van der Waals surface area contributed by atoms with Crippen LogP contribution >= 0.6 is 27.5 Å². The zero-order valence-electron chi connectivity index (χ0n) is 16.3. The lowest BCUT2D eigenvalue weighted by Crippen LogP contribution is -2.56. The van der Waals surface area contributed by atoms with E-state index < -0.39 is 6.04 Å². The number of piperazine rings is 1. The van der Waals surface area contributed by atoms with Gasteiger partial charge in [-0.05, 0) is 46.1 Å². The Bertz CT molecular complexity index is 852. The van der Waals surface area contributed by atoms with Gasteiger partial charge in [0.05, 0.1) is 4.47 Å². The maximum absolute atomic E-state index is 13.1. The van der Waals surface area contributed by atoms with Crippen LogP contribution in [-0.2, 0) is 4.79 Å². The number of nitrogens with zero attached hydrogens (tertiary/aromatic N) is 4. The van der Waals surface area contributed by atoms with Crippen molar-refractivity contribution in [2.75, 3.05) is 31.1 Å². The minimum absolute atomic E-state index is 0.0356. The third-order valence-electron chi connectivity index (χ3n) is 4.81. The molecule has 1 fully saturated rings. The number of carbonyl (C=O) groups excluding carboxylic acids is 2. The second-order valence-electron chi connectivity index (χ2n) is 7.22. The Hall–Kier alpha value is -2.19. The van der Waals surface area contributed by atoms with Gasteiger partial charge in [-0.2, -0.15) is 0 Å². The molecule has 7 nitrogen and oxygen atoms in total. The molecule has 0 aliphatic carbocycles. The summed E-state index contributed by atoms with van der Waals surface area (Å²) in [6.07, 6.45) is 3.42. The second-order valence-corrected chi connectivity index (χ2v) is 8.57. The molecule has 1 atom stereocenters. The van der Waals surface area contributed by atoms with Crippen molar-refractivity contribution in [3.8, 4) is 0 Å². The normalized spacial score (nSPS) is 15.3. The summed E-state index contributed by atoms with van der Waals surface area (Å²) in [5, 5.41) is 3.44. The van der Waals surface area contributed by atoms with Crippen LogP contribution in [0.2, 0.25) is 5.02 Å². The lowest BCUT2D eigenvalue weighted by molar-refractivity contribution is -0.134. The fourth-order valence-corrected chi connectivity index (χ4v) is 3.46. The molecule has 154 valence electrons. The summed E-state index contributed by atoms with van der Waals surface area (Å²) in [5.74, 6) is 0.262. The van der Waals surface area contributed by atoms with E-state index in [0.29, 0.717) is 42.7 Å². The number of halogens is 2. The summed E-state index contributed by atoms with van der Waals surface area (Å²) in [5.41, 5.74) is 0.477. The van der Waals surface area contributed by atoms with Crippen LogP contribution < -0.4 is 10.2 Å². The molecule has 1 aromatic carbocycles. The zero-order valence-corrected chi connectivity index (χ0v) is 18.7. The van der Waals surface area contributed by atoms with Gasteiger partial charge in [-0.15, -0.1) is 0 Å². The van der Waals surface area contributed by atoms with Gasteiger partial charge in [0.2, 0.25) is 11.9 Å². The molecule has 0 spiro atoms. The van der Waals surface area contributed by atoms with Crippen molar-refractivity contribution in [1.82, 2.24) is 20.2 Å². The molecular formula is C20H23BrClN5O2. The summed E-state index contributed by atoms with van der Waals surface area (Å²) in [6, 6.07) is 6.03. The average Bonchev–Trinajstić information content (AvgIpc) is 2.72. The van der Waals surface area contributed by atoms with E-state index in [9.17, 15) is 9.59 Å². The van der Waals surface area contributed by atoms with Crippen LogP contribution in [0.25, 0.3) is 0 Å². The summed E-state index contributed by atoms with van der Waals surface area (Å²) >= 11 is 9.21. The smallest absolute Gasteiger partial charge is 0.251 e. The Morgan fingerprint density at radius 1 is 1.07 bits per heavy atom. The number of aromatic nitrogens is 2. The van der Waals surface area contributed by atoms with Gasteiger partial charge in [-0.25, -0.2) is 9.97 Å². The molecule has 2 aromatic rings. The maximum atomic E-state index is 13.1. The number of anilines is 1. The van der Waals surface area contributed by atoms with Crippen molar-refractivity contribution < 1.29 is 9.59 Å². The summed E-state index contributed by atoms with van der Waals surface area (Å²) in [6.45, 7) is 6.25.